The van der Waals surface area contributed by atoms with Crippen LogP contribution in [0.5, 0.6) is 0 Å². The van der Waals surface area contributed by atoms with Gasteiger partial charge in [-0.2, -0.15) is 0 Å². The lowest BCUT2D eigenvalue weighted by Crippen LogP contribution is -2.49. The van der Waals surface area contributed by atoms with E-state index in [0.717, 1.165) is 66.1 Å². The average Bonchev–Trinajstić information content (AvgIpc) is 2.85. The maximum atomic E-state index is 12.9. The number of fused-ring (bicyclic) bond motifs is 5. The van der Waals surface area contributed by atoms with E-state index in [9.17, 15) is 4.39 Å². The molecule has 0 heterocycles. The average molecular weight is 363 g/mol. The molecule has 4 rings (SSSR count). The Kier molecular flexibility index (Phi) is 5.48. The van der Waals surface area contributed by atoms with Crippen molar-refractivity contribution in [1.29, 1.82) is 0 Å². The second-order valence-electron chi connectivity index (χ2n) is 11.1. The summed E-state index contributed by atoms with van der Waals surface area (Å²) in [4.78, 5) is 0. The maximum absolute atomic E-state index is 12.9. The van der Waals surface area contributed by atoms with Crippen molar-refractivity contribution in [3.63, 3.8) is 0 Å². The van der Waals surface area contributed by atoms with E-state index in [-0.39, 0.29) is 6.67 Å². The Bertz CT molecular complexity index is 487. The third-order valence-corrected chi connectivity index (χ3v) is 10.5. The lowest BCUT2D eigenvalue weighted by molar-refractivity contribution is -0.0779. The van der Waals surface area contributed by atoms with Crippen LogP contribution in [0.1, 0.15) is 91.9 Å². The van der Waals surface area contributed by atoms with Crippen LogP contribution in [0.15, 0.2) is 0 Å². The first-order valence-corrected chi connectivity index (χ1v) is 12.1. The van der Waals surface area contributed by atoms with Gasteiger partial charge in [0.25, 0.3) is 0 Å². The molecule has 0 N–H and O–H groups in total. The Morgan fingerprint density at radius 1 is 0.923 bits per heavy atom. The molecule has 4 saturated carbocycles. The fraction of sp³-hybridized carbons (Fsp3) is 1.00. The van der Waals surface area contributed by atoms with Crippen LogP contribution in [0.25, 0.3) is 0 Å². The summed E-state index contributed by atoms with van der Waals surface area (Å²) in [6.45, 7) is 9.97. The summed E-state index contributed by atoms with van der Waals surface area (Å²) < 4.78 is 12.9. The number of rotatable bonds is 4. The van der Waals surface area contributed by atoms with Crippen molar-refractivity contribution >= 4 is 0 Å². The summed E-state index contributed by atoms with van der Waals surface area (Å²) in [7, 11) is 0. The fourth-order valence-corrected chi connectivity index (χ4v) is 9.20. The highest BCUT2D eigenvalue weighted by Gasteiger charge is 2.61. The van der Waals surface area contributed by atoms with E-state index in [4.69, 9.17) is 0 Å². The van der Waals surface area contributed by atoms with E-state index in [1.165, 1.54) is 51.4 Å². The van der Waals surface area contributed by atoms with Crippen molar-refractivity contribution < 1.29 is 4.39 Å². The molecule has 4 fully saturated rings. The lowest BCUT2D eigenvalue weighted by Gasteiger charge is -2.57. The third-order valence-electron chi connectivity index (χ3n) is 10.5. The lowest BCUT2D eigenvalue weighted by atomic mass is 9.48. The van der Waals surface area contributed by atoms with Crippen molar-refractivity contribution in [3.05, 3.63) is 0 Å². The highest BCUT2D eigenvalue weighted by atomic mass is 19.1. The van der Waals surface area contributed by atoms with E-state index >= 15 is 0 Å². The SMILES string of the molecule is CCC1CCC2C(CCC3C2CCC2(C)C(CCCF)C(C)C(C)C32)C1. The molecule has 0 nitrogen and oxygen atoms in total. The summed E-state index contributed by atoms with van der Waals surface area (Å²) >= 11 is 0. The van der Waals surface area contributed by atoms with E-state index in [1.54, 1.807) is 0 Å². The minimum absolute atomic E-state index is 0.118. The Balaban J connectivity index is 1.54. The molecular formula is C25H43F. The van der Waals surface area contributed by atoms with Gasteiger partial charge in [0.15, 0.2) is 0 Å². The molecule has 0 aliphatic heterocycles. The van der Waals surface area contributed by atoms with Crippen LogP contribution in [-0.2, 0) is 0 Å². The molecule has 0 saturated heterocycles. The first kappa shape index (κ1) is 19.3. The number of hydrogen-bond donors (Lipinski definition) is 0. The van der Waals surface area contributed by atoms with Crippen molar-refractivity contribution in [1.82, 2.24) is 0 Å². The quantitative estimate of drug-likeness (QED) is 0.485. The van der Waals surface area contributed by atoms with Gasteiger partial charge in [-0.15, -0.1) is 0 Å². The van der Waals surface area contributed by atoms with Crippen LogP contribution in [0.3, 0.4) is 0 Å². The second kappa shape index (κ2) is 7.40. The normalized spacial score (nSPS) is 53.7. The van der Waals surface area contributed by atoms with Gasteiger partial charge in [0.05, 0.1) is 6.67 Å². The Morgan fingerprint density at radius 2 is 1.69 bits per heavy atom. The molecule has 0 amide bonds. The maximum Gasteiger partial charge on any atom is 0.0894 e. The van der Waals surface area contributed by atoms with Gasteiger partial charge in [0.2, 0.25) is 0 Å². The Morgan fingerprint density at radius 3 is 2.42 bits per heavy atom. The summed E-state index contributed by atoms with van der Waals surface area (Å²) in [5.74, 6) is 8.48. The molecule has 0 aromatic rings. The highest BCUT2D eigenvalue weighted by Crippen LogP contribution is 2.68. The Hall–Kier alpha value is -0.0700. The predicted molar refractivity (Wildman–Crippen MR) is 109 cm³/mol. The van der Waals surface area contributed by atoms with Gasteiger partial charge in [0.1, 0.15) is 0 Å². The molecule has 0 aromatic carbocycles. The van der Waals surface area contributed by atoms with Crippen LogP contribution < -0.4 is 0 Å². The van der Waals surface area contributed by atoms with Crippen LogP contribution in [0.4, 0.5) is 4.39 Å². The first-order chi connectivity index (χ1) is 12.5. The molecule has 10 atom stereocenters. The molecule has 4 aliphatic rings. The molecule has 0 radical (unpaired) electrons. The molecule has 1 heteroatoms. The largest absolute Gasteiger partial charge is 0.251 e. The molecular weight excluding hydrogens is 319 g/mol. The van der Waals surface area contributed by atoms with Crippen molar-refractivity contribution in [2.45, 2.75) is 91.9 Å². The van der Waals surface area contributed by atoms with Gasteiger partial charge in [-0.05, 0) is 110 Å². The van der Waals surface area contributed by atoms with E-state index in [0.29, 0.717) is 5.41 Å². The van der Waals surface area contributed by atoms with Gasteiger partial charge in [-0.1, -0.05) is 40.5 Å². The summed E-state index contributed by atoms with van der Waals surface area (Å²) in [5.41, 5.74) is 0.503. The molecule has 0 spiro atoms. The van der Waals surface area contributed by atoms with Crippen molar-refractivity contribution in [2.75, 3.05) is 6.67 Å². The topological polar surface area (TPSA) is 0 Å². The predicted octanol–water partition coefficient (Wildman–Crippen LogP) is 7.52. The minimum Gasteiger partial charge on any atom is -0.251 e. The zero-order chi connectivity index (χ0) is 18.5. The van der Waals surface area contributed by atoms with E-state index < -0.39 is 0 Å². The fourth-order valence-electron chi connectivity index (χ4n) is 9.20. The number of alkyl halides is 1. The van der Waals surface area contributed by atoms with Crippen LogP contribution in [0.2, 0.25) is 0 Å². The smallest absolute Gasteiger partial charge is 0.0894 e. The molecule has 4 aliphatic carbocycles. The van der Waals surface area contributed by atoms with Gasteiger partial charge >= 0.3 is 0 Å². The summed E-state index contributed by atoms with van der Waals surface area (Å²) in [6.07, 6.45) is 13.9. The molecule has 10 unspecified atom stereocenters. The molecule has 26 heavy (non-hydrogen) atoms. The molecule has 0 bridgehead atoms. The zero-order valence-electron chi connectivity index (χ0n) is 17.9. The van der Waals surface area contributed by atoms with Gasteiger partial charge in [-0.3, -0.25) is 4.39 Å². The van der Waals surface area contributed by atoms with Crippen molar-refractivity contribution in [3.8, 4) is 0 Å². The van der Waals surface area contributed by atoms with Gasteiger partial charge in [0, 0.05) is 0 Å². The number of halogens is 1. The number of hydrogen-bond acceptors (Lipinski definition) is 0. The first-order valence-electron chi connectivity index (χ1n) is 12.1. The molecule has 150 valence electrons. The second-order valence-corrected chi connectivity index (χ2v) is 11.1. The van der Waals surface area contributed by atoms with E-state index in [2.05, 4.69) is 27.7 Å². The van der Waals surface area contributed by atoms with Crippen molar-refractivity contribution in [2.24, 2.45) is 58.7 Å². The summed E-state index contributed by atoms with van der Waals surface area (Å²) in [6, 6.07) is 0. The third kappa shape index (κ3) is 2.89. The molecule has 0 aromatic heterocycles. The van der Waals surface area contributed by atoms with Crippen LogP contribution in [0, 0.1) is 58.7 Å². The monoisotopic (exact) mass is 362 g/mol. The standard InChI is InChI=1S/C25H43F/c1-5-18-8-10-20-19(15-18)9-11-22-21(20)12-13-25(4)23(7-6-14-26)16(2)17(3)24(22)25/h16-24H,5-15H2,1-4H3. The minimum atomic E-state index is -0.118. The van der Waals surface area contributed by atoms with Crippen LogP contribution >= 0.6 is 0 Å². The van der Waals surface area contributed by atoms with Gasteiger partial charge < -0.3 is 0 Å². The van der Waals surface area contributed by atoms with Crippen LogP contribution in [-0.4, -0.2) is 6.67 Å². The zero-order valence-corrected chi connectivity index (χ0v) is 17.9. The van der Waals surface area contributed by atoms with E-state index in [1.807, 2.05) is 0 Å². The highest BCUT2D eigenvalue weighted by molar-refractivity contribution is 5.09. The summed E-state index contributed by atoms with van der Waals surface area (Å²) in [5, 5.41) is 0. The Labute approximate surface area is 162 Å². The van der Waals surface area contributed by atoms with Gasteiger partial charge in [-0.25, -0.2) is 0 Å².